The number of rotatable bonds is 20. The molecule has 22 nitrogen and oxygen atoms in total. The number of carbonyl (C=O) groups excluding carboxylic acids is 2. The second-order valence-corrected chi connectivity index (χ2v) is 22.4. The van der Waals surface area contributed by atoms with Crippen LogP contribution in [-0.2, 0) is 20.8 Å². The van der Waals surface area contributed by atoms with Crippen molar-refractivity contribution < 1.29 is 43.6 Å². The molecule has 3 aromatic carbocycles. The summed E-state index contributed by atoms with van der Waals surface area (Å²) in [7, 11) is 24.2. The minimum absolute atomic E-state index is 0. The van der Waals surface area contributed by atoms with Gasteiger partial charge < -0.3 is 60.0 Å². The van der Waals surface area contributed by atoms with Gasteiger partial charge in [-0.1, -0.05) is 31.2 Å². The number of amides is 1. The fourth-order valence-corrected chi connectivity index (χ4v) is 9.65. The molecule has 0 bridgehead atoms. The first-order chi connectivity index (χ1) is 42.8. The van der Waals surface area contributed by atoms with Crippen LogP contribution in [0.4, 0.5) is 17.8 Å². The lowest BCUT2D eigenvalue weighted by atomic mass is 10.0. The van der Waals surface area contributed by atoms with Crippen molar-refractivity contribution in [2.45, 2.75) is 53.9 Å². The highest BCUT2D eigenvalue weighted by molar-refractivity contribution is 6.09. The maximum atomic E-state index is 12.6. The lowest BCUT2D eigenvalue weighted by Gasteiger charge is -2.12. The van der Waals surface area contributed by atoms with Crippen molar-refractivity contribution in [3.05, 3.63) is 159 Å². The maximum Gasteiger partial charge on any atom is 0.307 e. The van der Waals surface area contributed by atoms with Crippen LogP contribution < -0.4 is 40.0 Å². The van der Waals surface area contributed by atoms with Crippen molar-refractivity contribution in [2.24, 2.45) is 5.73 Å². The molecule has 91 heavy (non-hydrogen) atoms. The summed E-state index contributed by atoms with van der Waals surface area (Å²) in [5.74, 6) is 2.55. The van der Waals surface area contributed by atoms with Crippen LogP contribution in [0, 0.1) is 0 Å². The Hall–Kier alpha value is -9.64. The van der Waals surface area contributed by atoms with Gasteiger partial charge in [-0.25, -0.2) is 29.9 Å². The van der Waals surface area contributed by atoms with Crippen LogP contribution >= 0.6 is 0 Å². The molecule has 0 atom stereocenters. The average Bonchev–Trinajstić information content (AvgIpc) is 1.65. The van der Waals surface area contributed by atoms with Gasteiger partial charge in [-0.2, -0.15) is 0 Å². The van der Waals surface area contributed by atoms with Crippen LogP contribution in [0.25, 0.3) is 40.0 Å². The molecule has 1 amide bonds. The van der Waals surface area contributed by atoms with E-state index >= 15 is 0 Å². The minimum atomic E-state index is -0.854. The molecular formula is C69H91N13O9. The topological polar surface area (TPSA) is 268 Å². The number of aromatic nitrogens is 6. The van der Waals surface area contributed by atoms with E-state index in [1.54, 1.807) is 38.6 Å². The number of benzene rings is 3. The SMILES string of the molecule is C.CN(C)CCN.CN(C)c1ncc(C=O)cn1.COc1ccc2c(c1)C(CC(=O)NCCN(C)C)=C(C)/C2=C/c1cnc(N(C)C)nc1.COc1ccc2c(c1)C(CC(=O)O)=C(C)/C2=C/c1cnc(N(C)C)nc1.COc1ccc2c(c1)C(CC(=O)O)=C(C)C2. The Kier molecular flexibility index (Phi) is 28.8. The van der Waals surface area contributed by atoms with Gasteiger partial charge in [-0.05, 0) is 176 Å². The Morgan fingerprint density at radius 2 is 0.901 bits per heavy atom. The van der Waals surface area contributed by atoms with Gasteiger partial charge in [0.2, 0.25) is 23.8 Å². The smallest absolute Gasteiger partial charge is 0.307 e. The number of allylic oxidation sites excluding steroid dienone is 5. The number of ether oxygens (including phenoxy) is 3. The molecule has 0 unspecified atom stereocenters. The largest absolute Gasteiger partial charge is 0.497 e. The van der Waals surface area contributed by atoms with Gasteiger partial charge in [0.05, 0.1) is 46.2 Å². The van der Waals surface area contributed by atoms with Crippen LogP contribution in [0.3, 0.4) is 0 Å². The Morgan fingerprint density at radius 3 is 1.25 bits per heavy atom. The van der Waals surface area contributed by atoms with E-state index in [4.69, 9.17) is 25.1 Å². The first kappa shape index (κ1) is 73.8. The number of fused-ring (bicyclic) bond motifs is 3. The molecule has 5 N–H and O–H groups in total. The summed E-state index contributed by atoms with van der Waals surface area (Å²) in [6.07, 6.45) is 16.2. The second kappa shape index (κ2) is 35.5. The first-order valence-electron chi connectivity index (χ1n) is 29.0. The number of nitrogens with one attached hydrogen (secondary N) is 1. The van der Waals surface area contributed by atoms with E-state index in [1.165, 1.54) is 18.0 Å². The van der Waals surface area contributed by atoms with E-state index in [0.29, 0.717) is 42.1 Å². The number of aliphatic carboxylic acids is 2. The zero-order chi connectivity index (χ0) is 66.4. The zero-order valence-corrected chi connectivity index (χ0v) is 54.8. The highest BCUT2D eigenvalue weighted by Crippen LogP contribution is 2.46. The third-order valence-electron chi connectivity index (χ3n) is 14.4. The lowest BCUT2D eigenvalue weighted by Crippen LogP contribution is -2.31. The van der Waals surface area contributed by atoms with E-state index in [1.807, 2.05) is 166 Å². The molecule has 0 aliphatic heterocycles. The normalized spacial score (nSPS) is 13.2. The molecule has 0 saturated heterocycles. The molecule has 9 rings (SSSR count). The molecule has 3 aliphatic carbocycles. The number of nitrogens with two attached hydrogens (primary N) is 1. The predicted octanol–water partition coefficient (Wildman–Crippen LogP) is 9.30. The standard InChI is InChI=1S/C24H31N5O2.C20H21N3O3.C13H14O3.C7H9N3O.C4H12N2.CH4/c1-16-20(11-17-14-26-24(27-15-17)29(4)5)19-8-7-18(31-6)12-22(19)21(16)13-23(30)25-9-10-28(2)3;1-12-16(7-13-10-21-20(22-11-13)23(2)3)15-6-5-14(26-4)8-18(15)17(12)9-19(24)25;1-8-5-9-3-4-10(16-2)6-12(9)11(8)7-13(14)15;1-10(2)7-8-3-6(5-11)4-9-7;1-6(2)4-3-5;/h7-8,11-12,14-15H,9-10,13H2,1-6H3,(H,25,30);5-8,10-11H,9H2,1-4H3,(H,24,25);3-4,6H,5,7H2,1-2H3,(H,14,15);3-5H,1-2H3;3-5H2,1-2H3;1H4/b20-11-;16-7-;;;;. The van der Waals surface area contributed by atoms with Gasteiger partial charge in [0.25, 0.3) is 0 Å². The quantitative estimate of drug-likeness (QED) is 0.0518. The summed E-state index contributed by atoms with van der Waals surface area (Å²) in [5.41, 5.74) is 21.7. The van der Waals surface area contributed by atoms with Crippen molar-refractivity contribution in [3.8, 4) is 17.2 Å². The molecule has 486 valence electrons. The van der Waals surface area contributed by atoms with Gasteiger partial charge in [0.15, 0.2) is 6.29 Å². The highest BCUT2D eigenvalue weighted by atomic mass is 16.5. The Morgan fingerprint density at radius 1 is 0.527 bits per heavy atom. The first-order valence-corrected chi connectivity index (χ1v) is 29.0. The predicted molar refractivity (Wildman–Crippen MR) is 366 cm³/mol. The van der Waals surface area contributed by atoms with Gasteiger partial charge in [0, 0.05) is 117 Å². The monoisotopic (exact) mass is 1250 g/mol. The summed E-state index contributed by atoms with van der Waals surface area (Å²) in [6, 6.07) is 17.6. The number of aldehydes is 1. The Bertz CT molecular complexity index is 3610. The Labute approximate surface area is 536 Å². The van der Waals surface area contributed by atoms with Crippen LogP contribution in [-0.4, -0.2) is 192 Å². The third kappa shape index (κ3) is 21.3. The van der Waals surface area contributed by atoms with Crippen LogP contribution in [0.1, 0.15) is 102 Å². The van der Waals surface area contributed by atoms with Crippen molar-refractivity contribution in [2.75, 3.05) is 133 Å². The number of carboxylic acids is 2. The van der Waals surface area contributed by atoms with Crippen molar-refractivity contribution in [1.82, 2.24) is 45.0 Å². The van der Waals surface area contributed by atoms with Crippen molar-refractivity contribution in [1.29, 1.82) is 0 Å². The van der Waals surface area contributed by atoms with Crippen LogP contribution in [0.15, 0.2) is 108 Å². The van der Waals surface area contributed by atoms with Gasteiger partial charge in [-0.3, -0.25) is 19.2 Å². The number of hydrogen-bond donors (Lipinski definition) is 4. The molecule has 0 fully saturated rings. The lowest BCUT2D eigenvalue weighted by molar-refractivity contribution is -0.136. The number of carbonyl (C=O) groups is 4. The Balaban J connectivity index is 0.000000264. The number of nitrogens with zero attached hydrogens (tertiary/aromatic N) is 11. The molecule has 3 aliphatic rings. The molecule has 0 radical (unpaired) electrons. The van der Waals surface area contributed by atoms with E-state index in [2.05, 4.69) is 59.2 Å². The van der Waals surface area contributed by atoms with Crippen molar-refractivity contribution >= 4 is 82.0 Å². The summed E-state index contributed by atoms with van der Waals surface area (Å²) < 4.78 is 15.9. The maximum absolute atomic E-state index is 12.6. The van der Waals surface area contributed by atoms with Crippen LogP contribution in [0.2, 0.25) is 0 Å². The fraction of sp³-hybridized carbons (Fsp3) is 0.362. The molecule has 6 aromatic rings. The van der Waals surface area contributed by atoms with E-state index < -0.39 is 11.9 Å². The zero-order valence-electron chi connectivity index (χ0n) is 54.8. The third-order valence-corrected chi connectivity index (χ3v) is 14.4. The number of hydrogen-bond acceptors (Lipinski definition) is 19. The summed E-state index contributed by atoms with van der Waals surface area (Å²) in [6.45, 7) is 9.18. The average molecular weight is 1250 g/mol. The molecule has 3 heterocycles. The summed E-state index contributed by atoms with van der Waals surface area (Å²) in [4.78, 5) is 79.9. The van der Waals surface area contributed by atoms with Gasteiger partial charge in [0.1, 0.15) is 17.2 Å². The van der Waals surface area contributed by atoms with Gasteiger partial charge >= 0.3 is 11.9 Å². The molecule has 0 spiro atoms. The van der Waals surface area contributed by atoms with E-state index in [9.17, 15) is 24.3 Å². The summed E-state index contributed by atoms with van der Waals surface area (Å²) >= 11 is 0. The molecule has 3 aromatic heterocycles. The van der Waals surface area contributed by atoms with Crippen LogP contribution in [0.5, 0.6) is 17.2 Å². The molecule has 22 heteroatoms. The number of likely N-dealkylation sites (N-methyl/N-ethyl adjacent to an activating group) is 2. The van der Waals surface area contributed by atoms with Crippen molar-refractivity contribution in [3.63, 3.8) is 0 Å². The summed E-state index contributed by atoms with van der Waals surface area (Å²) in [5, 5.41) is 21.2. The minimum Gasteiger partial charge on any atom is -0.497 e. The van der Waals surface area contributed by atoms with E-state index in [0.717, 1.165) is 127 Å². The number of carboxylic acid groups (broad SMARTS) is 2. The highest BCUT2D eigenvalue weighted by Gasteiger charge is 2.28. The number of anilines is 3. The molecule has 0 saturated carbocycles. The fourth-order valence-electron chi connectivity index (χ4n) is 9.65. The van der Waals surface area contributed by atoms with E-state index in [-0.39, 0.29) is 26.2 Å². The second-order valence-electron chi connectivity index (χ2n) is 22.4. The molecular weight excluding hydrogens is 1150 g/mol. The number of methoxy groups -OCH3 is 3. The van der Waals surface area contributed by atoms with Gasteiger partial charge in [-0.15, -0.1) is 0 Å².